The standard InChI is InChI=1S/C13H19N3O4/c1-2-5-14-8-11(16(19)20)7-12(14)13(18)15-6-3-4-10(15)9-17/h7-8,10,17H,2-6,9H2,1H3. The van der Waals surface area contributed by atoms with Crippen molar-refractivity contribution in [3.05, 3.63) is 28.1 Å². The summed E-state index contributed by atoms with van der Waals surface area (Å²) in [5.41, 5.74) is 0.264. The van der Waals surface area contributed by atoms with Gasteiger partial charge >= 0.3 is 0 Å². The molecule has 0 radical (unpaired) electrons. The summed E-state index contributed by atoms with van der Waals surface area (Å²) in [6.45, 7) is 3.04. The van der Waals surface area contributed by atoms with Crippen LogP contribution in [-0.2, 0) is 6.54 Å². The topological polar surface area (TPSA) is 88.6 Å². The third kappa shape index (κ3) is 2.67. The third-order valence-corrected chi connectivity index (χ3v) is 3.63. The summed E-state index contributed by atoms with van der Waals surface area (Å²) in [7, 11) is 0. The predicted molar refractivity (Wildman–Crippen MR) is 72.5 cm³/mol. The molecule has 2 heterocycles. The Balaban J connectivity index is 2.30. The van der Waals surface area contributed by atoms with E-state index in [0.717, 1.165) is 19.3 Å². The number of likely N-dealkylation sites (tertiary alicyclic amines) is 1. The highest BCUT2D eigenvalue weighted by Crippen LogP contribution is 2.23. The van der Waals surface area contributed by atoms with Crippen LogP contribution in [0.3, 0.4) is 0 Å². The molecule has 1 aromatic heterocycles. The molecule has 0 aliphatic carbocycles. The van der Waals surface area contributed by atoms with Gasteiger partial charge in [0.2, 0.25) is 0 Å². The van der Waals surface area contributed by atoms with Crippen molar-refractivity contribution in [3.8, 4) is 0 Å². The molecule has 0 bridgehead atoms. The van der Waals surface area contributed by atoms with Gasteiger partial charge in [-0.05, 0) is 19.3 Å². The Labute approximate surface area is 116 Å². The molecular formula is C13H19N3O4. The van der Waals surface area contributed by atoms with E-state index in [9.17, 15) is 20.0 Å². The SMILES string of the molecule is CCCn1cc([N+](=O)[O-])cc1C(=O)N1CCCC1CO. The summed E-state index contributed by atoms with van der Waals surface area (Å²) < 4.78 is 1.63. The van der Waals surface area contributed by atoms with Gasteiger partial charge in [-0.2, -0.15) is 0 Å². The zero-order valence-electron chi connectivity index (χ0n) is 11.5. The minimum atomic E-state index is -0.490. The van der Waals surface area contributed by atoms with Crippen molar-refractivity contribution in [2.24, 2.45) is 0 Å². The molecule has 7 nitrogen and oxygen atoms in total. The van der Waals surface area contributed by atoms with Gasteiger partial charge in [-0.1, -0.05) is 6.92 Å². The van der Waals surface area contributed by atoms with Gasteiger partial charge in [0.25, 0.3) is 11.6 Å². The molecule has 1 aliphatic rings. The Bertz CT molecular complexity index is 512. The average molecular weight is 281 g/mol. The summed E-state index contributed by atoms with van der Waals surface area (Å²) in [4.78, 5) is 24.5. The number of rotatable bonds is 5. The number of hydrogen-bond donors (Lipinski definition) is 1. The van der Waals surface area contributed by atoms with Crippen molar-refractivity contribution in [1.82, 2.24) is 9.47 Å². The molecule has 2 rings (SSSR count). The molecule has 110 valence electrons. The van der Waals surface area contributed by atoms with Crippen LogP contribution < -0.4 is 0 Å². The lowest BCUT2D eigenvalue weighted by molar-refractivity contribution is -0.384. The molecule has 20 heavy (non-hydrogen) atoms. The summed E-state index contributed by atoms with van der Waals surface area (Å²) >= 11 is 0. The molecule has 1 unspecified atom stereocenters. The highest BCUT2D eigenvalue weighted by Gasteiger charge is 2.31. The number of aliphatic hydroxyl groups is 1. The van der Waals surface area contributed by atoms with Crippen LogP contribution in [-0.4, -0.2) is 44.6 Å². The van der Waals surface area contributed by atoms with E-state index < -0.39 is 4.92 Å². The van der Waals surface area contributed by atoms with Crippen LogP contribution in [0, 0.1) is 10.1 Å². The Morgan fingerprint density at radius 2 is 2.35 bits per heavy atom. The van der Waals surface area contributed by atoms with Gasteiger partial charge in [0.05, 0.1) is 23.8 Å². The molecule has 1 amide bonds. The maximum absolute atomic E-state index is 12.5. The van der Waals surface area contributed by atoms with Crippen LogP contribution in [0.25, 0.3) is 0 Å². The average Bonchev–Trinajstić information content (AvgIpc) is 3.04. The maximum atomic E-state index is 12.5. The number of carbonyl (C=O) groups is 1. The minimum absolute atomic E-state index is 0.0671. The van der Waals surface area contributed by atoms with Crippen LogP contribution in [0.2, 0.25) is 0 Å². The number of aromatic nitrogens is 1. The first kappa shape index (κ1) is 14.5. The van der Waals surface area contributed by atoms with Crippen molar-refractivity contribution in [3.63, 3.8) is 0 Å². The quantitative estimate of drug-likeness (QED) is 0.652. The van der Waals surface area contributed by atoms with E-state index in [1.165, 1.54) is 12.3 Å². The number of amides is 1. The monoisotopic (exact) mass is 281 g/mol. The molecular weight excluding hydrogens is 262 g/mol. The normalized spacial score (nSPS) is 18.5. The van der Waals surface area contributed by atoms with Crippen molar-refractivity contribution < 1.29 is 14.8 Å². The van der Waals surface area contributed by atoms with Gasteiger partial charge in [-0.3, -0.25) is 14.9 Å². The summed E-state index contributed by atoms with van der Waals surface area (Å²) in [6, 6.07) is 1.15. The van der Waals surface area contributed by atoms with E-state index in [4.69, 9.17) is 0 Å². The van der Waals surface area contributed by atoms with Crippen molar-refractivity contribution >= 4 is 11.6 Å². The van der Waals surface area contributed by atoms with Gasteiger partial charge < -0.3 is 14.6 Å². The third-order valence-electron chi connectivity index (χ3n) is 3.63. The first-order chi connectivity index (χ1) is 9.58. The second-order valence-corrected chi connectivity index (χ2v) is 5.01. The van der Waals surface area contributed by atoms with E-state index in [-0.39, 0.29) is 24.2 Å². The Morgan fingerprint density at radius 3 is 2.95 bits per heavy atom. The lowest BCUT2D eigenvalue weighted by Crippen LogP contribution is -2.38. The highest BCUT2D eigenvalue weighted by molar-refractivity contribution is 5.94. The molecule has 0 aromatic carbocycles. The van der Waals surface area contributed by atoms with Crippen LogP contribution in [0.5, 0.6) is 0 Å². The van der Waals surface area contributed by atoms with Crippen LogP contribution in [0.4, 0.5) is 5.69 Å². The van der Waals surface area contributed by atoms with Gasteiger partial charge in [0.1, 0.15) is 5.69 Å². The molecule has 1 saturated heterocycles. The molecule has 1 aliphatic heterocycles. The fourth-order valence-electron chi connectivity index (χ4n) is 2.64. The Kier molecular flexibility index (Phi) is 4.39. The largest absolute Gasteiger partial charge is 0.394 e. The maximum Gasteiger partial charge on any atom is 0.287 e. The molecule has 1 fully saturated rings. The summed E-state index contributed by atoms with van der Waals surface area (Å²) in [5, 5.41) is 20.2. The van der Waals surface area contributed by atoms with Gasteiger partial charge in [0, 0.05) is 19.2 Å². The van der Waals surface area contributed by atoms with Crippen molar-refractivity contribution in [2.75, 3.05) is 13.2 Å². The number of nitro groups is 1. The number of aliphatic hydroxyl groups excluding tert-OH is 1. The Morgan fingerprint density at radius 1 is 1.60 bits per heavy atom. The molecule has 1 N–H and O–H groups in total. The molecule has 1 atom stereocenters. The second kappa shape index (κ2) is 6.04. The first-order valence-electron chi connectivity index (χ1n) is 6.84. The van der Waals surface area contributed by atoms with Crippen LogP contribution in [0.15, 0.2) is 12.3 Å². The lowest BCUT2D eigenvalue weighted by atomic mass is 10.2. The van der Waals surface area contributed by atoms with Crippen molar-refractivity contribution in [2.45, 2.75) is 38.8 Å². The van der Waals surface area contributed by atoms with E-state index in [0.29, 0.717) is 18.8 Å². The van der Waals surface area contributed by atoms with Gasteiger partial charge in [-0.25, -0.2) is 0 Å². The predicted octanol–water partition coefficient (Wildman–Crippen LogP) is 1.40. The summed E-state index contributed by atoms with van der Waals surface area (Å²) in [6.07, 6.45) is 3.82. The zero-order chi connectivity index (χ0) is 14.7. The molecule has 1 aromatic rings. The first-order valence-corrected chi connectivity index (χ1v) is 6.84. The smallest absolute Gasteiger partial charge is 0.287 e. The number of nitrogens with zero attached hydrogens (tertiary/aromatic N) is 3. The Hall–Kier alpha value is -1.89. The molecule has 0 saturated carbocycles. The van der Waals surface area contributed by atoms with E-state index in [1.54, 1.807) is 9.47 Å². The number of carbonyl (C=O) groups excluding carboxylic acids is 1. The van der Waals surface area contributed by atoms with Gasteiger partial charge in [-0.15, -0.1) is 0 Å². The lowest BCUT2D eigenvalue weighted by Gasteiger charge is -2.23. The van der Waals surface area contributed by atoms with Crippen molar-refractivity contribution in [1.29, 1.82) is 0 Å². The fraction of sp³-hybridized carbons (Fsp3) is 0.615. The fourth-order valence-corrected chi connectivity index (χ4v) is 2.64. The van der Waals surface area contributed by atoms with E-state index in [1.807, 2.05) is 6.92 Å². The number of aryl methyl sites for hydroxylation is 1. The molecule has 0 spiro atoms. The number of hydrogen-bond acceptors (Lipinski definition) is 4. The summed E-state index contributed by atoms with van der Waals surface area (Å²) in [5.74, 6) is -0.233. The van der Waals surface area contributed by atoms with E-state index in [2.05, 4.69) is 0 Å². The zero-order valence-corrected chi connectivity index (χ0v) is 11.5. The minimum Gasteiger partial charge on any atom is -0.394 e. The second-order valence-electron chi connectivity index (χ2n) is 5.01. The highest BCUT2D eigenvalue weighted by atomic mass is 16.6. The van der Waals surface area contributed by atoms with Gasteiger partial charge in [0.15, 0.2) is 0 Å². The van der Waals surface area contributed by atoms with Crippen LogP contribution in [0.1, 0.15) is 36.7 Å². The van der Waals surface area contributed by atoms with E-state index >= 15 is 0 Å². The molecule has 7 heteroatoms. The van der Waals surface area contributed by atoms with Crippen LogP contribution >= 0.6 is 0 Å².